The van der Waals surface area contributed by atoms with Crippen molar-refractivity contribution < 1.29 is 158 Å². The summed E-state index contributed by atoms with van der Waals surface area (Å²) in [6.07, 6.45) is 0. The zero-order valence-electron chi connectivity index (χ0n) is 38.8. The van der Waals surface area contributed by atoms with E-state index in [0.29, 0.717) is 0 Å². The first kappa shape index (κ1) is 50.5. The second-order valence-electron chi connectivity index (χ2n) is 18.0. The summed E-state index contributed by atoms with van der Waals surface area (Å²) < 4.78 is 5.47. The molecular formula is C50H30O31. The van der Waals surface area contributed by atoms with Crippen LogP contribution in [0.2, 0.25) is 0 Å². The Morgan fingerprint density at radius 1 is 0.111 bits per heavy atom. The molecule has 81 heavy (non-hydrogen) atoms. The Balaban J connectivity index is 1.44. The van der Waals surface area contributed by atoms with Crippen LogP contribution in [0.1, 0.15) is 0 Å². The lowest BCUT2D eigenvalue weighted by atomic mass is 9.80. The van der Waals surface area contributed by atoms with E-state index in [-0.39, 0.29) is 0 Å². The topological polar surface area (TPSA) is 620 Å². The van der Waals surface area contributed by atoms with Crippen LogP contribution in [0.3, 0.4) is 0 Å². The molecule has 416 valence electrons. The van der Waals surface area contributed by atoms with Gasteiger partial charge in [-0.2, -0.15) is 0 Å². The normalized spacial score (nSPS) is 12.0. The average molecular weight is 1130 g/mol. The smallest absolute Gasteiger partial charge is 0.205 e. The zero-order chi connectivity index (χ0) is 59.6. The molecule has 31 heteroatoms. The maximum atomic E-state index is 12.4. The van der Waals surface area contributed by atoms with Gasteiger partial charge in [-0.25, -0.2) is 0 Å². The number of aromatic hydroxyl groups is 30. The van der Waals surface area contributed by atoms with Gasteiger partial charge < -0.3 is 158 Å². The van der Waals surface area contributed by atoms with Crippen molar-refractivity contribution in [2.24, 2.45) is 0 Å². The van der Waals surface area contributed by atoms with Crippen LogP contribution in [-0.4, -0.2) is 153 Å². The lowest BCUT2D eigenvalue weighted by molar-refractivity contribution is 0.347. The third-order valence-corrected chi connectivity index (χ3v) is 14.1. The summed E-state index contributed by atoms with van der Waals surface area (Å²) in [5.74, 6) is -51.7. The molecule has 0 fully saturated rings. The molecule has 0 aliphatic rings. The third-order valence-electron chi connectivity index (χ3n) is 14.1. The van der Waals surface area contributed by atoms with Crippen LogP contribution in [0.15, 0.2) is 4.42 Å². The van der Waals surface area contributed by atoms with E-state index in [1.807, 2.05) is 0 Å². The highest BCUT2D eigenvalue weighted by atomic mass is 16.4. The highest BCUT2D eigenvalue weighted by Crippen LogP contribution is 2.71. The maximum absolute atomic E-state index is 12.4. The summed E-state index contributed by atoms with van der Waals surface area (Å²) >= 11 is 0. The molecule has 31 nitrogen and oxygen atoms in total. The van der Waals surface area contributed by atoms with E-state index >= 15 is 0 Å². The lowest BCUT2D eigenvalue weighted by Gasteiger charge is -2.26. The maximum Gasteiger partial charge on any atom is 0.205 e. The second kappa shape index (κ2) is 15.5. The summed E-state index contributed by atoms with van der Waals surface area (Å²) in [4.78, 5) is 0. The van der Waals surface area contributed by atoms with Crippen molar-refractivity contribution in [3.63, 3.8) is 0 Å². The first-order valence-electron chi connectivity index (χ1n) is 21.9. The Hall–Kier alpha value is -12.7. The van der Waals surface area contributed by atoms with Crippen LogP contribution in [-0.2, 0) is 0 Å². The monoisotopic (exact) mass is 1130 g/mol. The molecule has 0 amide bonds. The van der Waals surface area contributed by atoms with Crippen molar-refractivity contribution in [3.8, 4) is 206 Å². The highest BCUT2D eigenvalue weighted by molar-refractivity contribution is 6.35. The average Bonchev–Trinajstić information content (AvgIpc) is 4.10. The predicted octanol–water partition coefficient (Wildman–Crippen LogP) is 5.52. The Morgan fingerprint density at radius 2 is 0.296 bits per heavy atom. The molecule has 0 saturated carbocycles. The van der Waals surface area contributed by atoms with Crippen LogP contribution < -0.4 is 0 Å². The van der Waals surface area contributed by atoms with Gasteiger partial charge in [0.2, 0.25) is 69.0 Å². The fraction of sp³-hybridized carbons (Fsp3) is 0. The number of furan rings is 1. The summed E-state index contributed by atoms with van der Waals surface area (Å²) in [7, 11) is 0. The van der Waals surface area contributed by atoms with Gasteiger partial charge in [0.25, 0.3) is 0 Å². The number of phenolic OH excluding ortho intramolecular Hbond substituents is 30. The molecule has 11 aromatic rings. The van der Waals surface area contributed by atoms with Gasteiger partial charge in [0.1, 0.15) is 11.5 Å². The summed E-state index contributed by atoms with van der Waals surface area (Å²) in [5, 5.41) is 325. The van der Waals surface area contributed by atoms with E-state index in [2.05, 4.69) is 0 Å². The van der Waals surface area contributed by atoms with Gasteiger partial charge in [0.05, 0.1) is 32.5 Å². The van der Waals surface area contributed by atoms with Crippen molar-refractivity contribution in [1.82, 2.24) is 0 Å². The van der Waals surface area contributed by atoms with Gasteiger partial charge in [0.15, 0.2) is 103 Å². The first-order valence-corrected chi connectivity index (χ1v) is 21.9. The molecule has 30 N–H and O–H groups in total. The molecule has 0 atom stereocenters. The van der Waals surface area contributed by atoms with Crippen molar-refractivity contribution >= 4 is 75.8 Å². The van der Waals surface area contributed by atoms with Crippen LogP contribution in [0.5, 0.6) is 172 Å². The van der Waals surface area contributed by atoms with E-state index in [1.165, 1.54) is 0 Å². The van der Waals surface area contributed by atoms with E-state index in [9.17, 15) is 153 Å². The van der Waals surface area contributed by atoms with Crippen LogP contribution in [0, 0.1) is 0 Å². The standard InChI is InChI=1S/C50H30O31/c51-19-13(35(67)48(80)50-18(19)17-20(52)15-16(36(68)49(17)81-50)34(66)47(79)46(78)33(15)65)2-6-3(23(55)38(70)40(72)25(6)57)1(4-7(2)26(58)41(73)39(71)24(4)56)5-8-10(29(61)43(75)42(74)28(8)60)9(22(54)21(5)53)11-12-14(31(63)37(69)27(11)59)32(64)45(77)44(76)30(12)62/h51-80H. The van der Waals surface area contributed by atoms with Crippen LogP contribution in [0.4, 0.5) is 0 Å². The first-order chi connectivity index (χ1) is 37.8. The van der Waals surface area contributed by atoms with Crippen molar-refractivity contribution in [2.45, 2.75) is 0 Å². The van der Waals surface area contributed by atoms with Crippen molar-refractivity contribution in [3.05, 3.63) is 0 Å². The minimum Gasteiger partial charge on any atom is -0.506 e. The number of phenols is 30. The van der Waals surface area contributed by atoms with Gasteiger partial charge in [0, 0.05) is 65.5 Å². The van der Waals surface area contributed by atoms with Gasteiger partial charge in [-0.1, -0.05) is 0 Å². The SMILES string of the molecule is Oc1c(-c2c3c(O)c(O)c(O)c(O)c3c(-c3c(O)c(O)c(-c4c(O)c(O)c(O)c5c(O)c(O)c(O)c(O)c45)c4c(O)c(O)c(O)c(O)c34)c3c(O)c(O)c(O)c(O)c23)c(O)c2c(oc3c(O)c4c(O)c(O)c(O)c(O)c4c(O)c32)c1O. The number of hydrogen-bond acceptors (Lipinski definition) is 31. The molecule has 0 aliphatic heterocycles. The molecule has 0 bridgehead atoms. The van der Waals surface area contributed by atoms with Gasteiger partial charge in [-0.05, 0) is 0 Å². The van der Waals surface area contributed by atoms with E-state index in [1.54, 1.807) is 0 Å². The molecule has 1 heterocycles. The van der Waals surface area contributed by atoms with Gasteiger partial charge in [-0.3, -0.25) is 0 Å². The molecule has 10 aromatic carbocycles. The number of rotatable bonds is 3. The van der Waals surface area contributed by atoms with Crippen molar-refractivity contribution in [1.29, 1.82) is 0 Å². The molecular weight excluding hydrogens is 1100 g/mol. The summed E-state index contributed by atoms with van der Waals surface area (Å²) in [6.45, 7) is 0. The molecule has 0 unspecified atom stereocenters. The van der Waals surface area contributed by atoms with Crippen molar-refractivity contribution in [2.75, 3.05) is 0 Å². The minimum atomic E-state index is -1.98. The molecule has 0 spiro atoms. The molecule has 11 rings (SSSR count). The zero-order valence-corrected chi connectivity index (χ0v) is 38.8. The molecule has 0 radical (unpaired) electrons. The summed E-state index contributed by atoms with van der Waals surface area (Å²) in [6, 6.07) is 0. The van der Waals surface area contributed by atoms with E-state index < -0.39 is 282 Å². The van der Waals surface area contributed by atoms with E-state index in [0.717, 1.165) is 0 Å². The molecule has 1 aromatic heterocycles. The Labute approximate surface area is 438 Å². The van der Waals surface area contributed by atoms with Gasteiger partial charge in [-0.15, -0.1) is 0 Å². The Kier molecular flexibility index (Phi) is 9.63. The fourth-order valence-electron chi connectivity index (χ4n) is 10.5. The lowest BCUT2D eigenvalue weighted by Crippen LogP contribution is -1.98. The molecule has 0 aliphatic carbocycles. The quantitative estimate of drug-likeness (QED) is 0.0588. The van der Waals surface area contributed by atoms with Crippen LogP contribution >= 0.6 is 0 Å². The molecule has 0 saturated heterocycles. The number of hydrogen-bond donors (Lipinski definition) is 30. The third kappa shape index (κ3) is 5.55. The summed E-state index contributed by atoms with van der Waals surface area (Å²) in [5.41, 5.74) is -11.5. The van der Waals surface area contributed by atoms with E-state index in [4.69, 9.17) is 4.42 Å². The predicted molar refractivity (Wildman–Crippen MR) is 268 cm³/mol. The number of benzene rings is 10. The fourth-order valence-corrected chi connectivity index (χ4v) is 10.5. The van der Waals surface area contributed by atoms with Gasteiger partial charge >= 0.3 is 0 Å². The highest BCUT2D eigenvalue weighted by Gasteiger charge is 2.42. The number of fused-ring (bicyclic) bond motifs is 8. The Morgan fingerprint density at radius 3 is 0.630 bits per heavy atom. The Bertz CT molecular complexity index is 4830. The van der Waals surface area contributed by atoms with Crippen LogP contribution in [0.25, 0.3) is 109 Å². The minimum absolute atomic E-state index is 1.07. The largest absolute Gasteiger partial charge is 0.506 e. The second-order valence-corrected chi connectivity index (χ2v) is 18.0.